The van der Waals surface area contributed by atoms with Gasteiger partial charge in [0.1, 0.15) is 5.82 Å². The second-order valence-electron chi connectivity index (χ2n) is 4.35. The fourth-order valence-corrected chi connectivity index (χ4v) is 2.00. The van der Waals surface area contributed by atoms with Gasteiger partial charge in [-0.1, -0.05) is 29.8 Å². The van der Waals surface area contributed by atoms with Crippen LogP contribution in [0.4, 0.5) is 11.5 Å². The number of benzene rings is 1. The van der Waals surface area contributed by atoms with Crippen molar-refractivity contribution in [2.45, 2.75) is 13.8 Å². The van der Waals surface area contributed by atoms with Crippen LogP contribution < -0.4 is 10.6 Å². The first-order valence-corrected chi connectivity index (χ1v) is 6.76. The highest BCUT2D eigenvalue weighted by atomic mass is 35.5. The summed E-state index contributed by atoms with van der Waals surface area (Å²) in [6, 6.07) is 9.21. The van der Waals surface area contributed by atoms with E-state index in [9.17, 15) is 4.79 Å². The van der Waals surface area contributed by atoms with Gasteiger partial charge in [0.25, 0.3) is 5.91 Å². The Morgan fingerprint density at radius 1 is 1.35 bits per heavy atom. The maximum atomic E-state index is 12.2. The molecule has 0 atom stereocenters. The van der Waals surface area contributed by atoms with Crippen molar-refractivity contribution < 1.29 is 4.79 Å². The minimum Gasteiger partial charge on any atom is -0.369 e. The summed E-state index contributed by atoms with van der Waals surface area (Å²) in [6.45, 7) is 4.62. The first-order chi connectivity index (χ1) is 9.61. The number of hydrogen-bond acceptors (Lipinski definition) is 3. The predicted octanol–water partition coefficient (Wildman–Crippen LogP) is 3.73. The van der Waals surface area contributed by atoms with E-state index in [1.54, 1.807) is 6.07 Å². The van der Waals surface area contributed by atoms with Gasteiger partial charge >= 0.3 is 0 Å². The number of rotatable bonds is 4. The quantitative estimate of drug-likeness (QED) is 0.902. The Hall–Kier alpha value is -2.07. The molecule has 0 spiro atoms. The summed E-state index contributed by atoms with van der Waals surface area (Å²) >= 11 is 6.08. The maximum Gasteiger partial charge on any atom is 0.257 e. The average molecular weight is 290 g/mol. The summed E-state index contributed by atoms with van der Waals surface area (Å²) in [6.07, 6.45) is 1.51. The number of halogens is 1. The zero-order valence-electron chi connectivity index (χ0n) is 11.4. The number of aryl methyl sites for hydroxylation is 1. The van der Waals surface area contributed by atoms with Crippen molar-refractivity contribution in [3.05, 3.63) is 52.7 Å². The summed E-state index contributed by atoms with van der Waals surface area (Å²) in [5, 5.41) is 6.31. The van der Waals surface area contributed by atoms with Gasteiger partial charge in [-0.3, -0.25) is 4.79 Å². The molecular weight excluding hydrogens is 274 g/mol. The molecule has 0 aliphatic heterocycles. The van der Waals surface area contributed by atoms with Crippen LogP contribution in [-0.2, 0) is 0 Å². The monoisotopic (exact) mass is 289 g/mol. The normalized spacial score (nSPS) is 10.2. The van der Waals surface area contributed by atoms with E-state index < -0.39 is 0 Å². The smallest absolute Gasteiger partial charge is 0.257 e. The van der Waals surface area contributed by atoms with Crippen molar-refractivity contribution in [3.8, 4) is 0 Å². The molecular formula is C15H16ClN3O. The van der Waals surface area contributed by atoms with Crippen LogP contribution in [0.25, 0.3) is 0 Å². The molecule has 20 heavy (non-hydrogen) atoms. The molecule has 0 fully saturated rings. The molecule has 0 saturated carbocycles. The molecule has 2 rings (SSSR count). The molecule has 0 bridgehead atoms. The Labute approximate surface area is 123 Å². The lowest BCUT2D eigenvalue weighted by Gasteiger charge is -2.09. The molecule has 0 aliphatic carbocycles. The number of nitrogens with one attached hydrogen (secondary N) is 2. The minimum atomic E-state index is -0.225. The van der Waals surface area contributed by atoms with E-state index in [2.05, 4.69) is 15.6 Å². The molecule has 0 aliphatic rings. The van der Waals surface area contributed by atoms with Crippen molar-refractivity contribution in [1.29, 1.82) is 0 Å². The van der Waals surface area contributed by atoms with Crippen LogP contribution in [0.3, 0.4) is 0 Å². The summed E-state index contributed by atoms with van der Waals surface area (Å²) in [5.74, 6) is 0.360. The lowest BCUT2D eigenvalue weighted by Crippen LogP contribution is -2.13. The lowest BCUT2D eigenvalue weighted by molar-refractivity contribution is 0.102. The van der Waals surface area contributed by atoms with Gasteiger partial charge in [-0.15, -0.1) is 0 Å². The van der Waals surface area contributed by atoms with Crippen LogP contribution >= 0.6 is 11.6 Å². The topological polar surface area (TPSA) is 54.0 Å². The van der Waals surface area contributed by atoms with E-state index in [1.165, 1.54) is 6.20 Å². The van der Waals surface area contributed by atoms with E-state index in [4.69, 9.17) is 11.6 Å². The Bertz CT molecular complexity index is 628. The van der Waals surface area contributed by atoms with Crippen LogP contribution in [0.1, 0.15) is 22.8 Å². The van der Waals surface area contributed by atoms with E-state index >= 15 is 0 Å². The molecule has 1 amide bonds. The van der Waals surface area contributed by atoms with Gasteiger partial charge in [-0.25, -0.2) is 4.98 Å². The molecule has 4 nitrogen and oxygen atoms in total. The SMILES string of the molecule is CCNc1ncc(C(=O)Nc2ccccc2C)cc1Cl. The van der Waals surface area contributed by atoms with Crippen LogP contribution in [0.2, 0.25) is 5.02 Å². The molecule has 2 aromatic rings. The lowest BCUT2D eigenvalue weighted by atomic mass is 10.2. The average Bonchev–Trinajstić information content (AvgIpc) is 2.43. The number of carbonyl (C=O) groups excluding carboxylic acids is 1. The number of nitrogens with zero attached hydrogens (tertiary/aromatic N) is 1. The van der Waals surface area contributed by atoms with Gasteiger partial charge in [0.15, 0.2) is 0 Å². The third-order valence-corrected chi connectivity index (χ3v) is 3.13. The van der Waals surface area contributed by atoms with Crippen molar-refractivity contribution in [3.63, 3.8) is 0 Å². The number of carbonyl (C=O) groups is 1. The molecule has 1 aromatic carbocycles. The number of hydrogen-bond donors (Lipinski definition) is 2. The Morgan fingerprint density at radius 2 is 2.10 bits per heavy atom. The summed E-state index contributed by atoms with van der Waals surface area (Å²) < 4.78 is 0. The third-order valence-electron chi connectivity index (χ3n) is 2.84. The number of aromatic nitrogens is 1. The van der Waals surface area contributed by atoms with Crippen molar-refractivity contribution in [1.82, 2.24) is 4.98 Å². The molecule has 5 heteroatoms. The van der Waals surface area contributed by atoms with Crippen molar-refractivity contribution in [2.75, 3.05) is 17.2 Å². The minimum absolute atomic E-state index is 0.225. The van der Waals surface area contributed by atoms with E-state index in [0.717, 1.165) is 17.8 Å². The van der Waals surface area contributed by atoms with Gasteiger partial charge in [0, 0.05) is 18.4 Å². The van der Waals surface area contributed by atoms with Gasteiger partial charge in [-0.05, 0) is 31.5 Å². The second kappa shape index (κ2) is 6.39. The number of amides is 1. The molecule has 0 unspecified atom stereocenters. The fraction of sp³-hybridized carbons (Fsp3) is 0.200. The van der Waals surface area contributed by atoms with E-state index in [-0.39, 0.29) is 5.91 Å². The molecule has 104 valence electrons. The zero-order chi connectivity index (χ0) is 14.5. The van der Waals surface area contributed by atoms with E-state index in [1.807, 2.05) is 38.1 Å². The molecule has 0 radical (unpaired) electrons. The summed E-state index contributed by atoms with van der Waals surface area (Å²) in [5.41, 5.74) is 2.22. The Balaban J connectivity index is 2.18. The fourth-order valence-electron chi connectivity index (χ4n) is 1.77. The standard InChI is InChI=1S/C15H16ClN3O/c1-3-17-14-12(16)8-11(9-18-14)15(20)19-13-7-5-4-6-10(13)2/h4-9H,3H2,1-2H3,(H,17,18)(H,19,20). The highest BCUT2D eigenvalue weighted by Gasteiger charge is 2.10. The number of para-hydroxylation sites is 1. The molecule has 1 heterocycles. The van der Waals surface area contributed by atoms with E-state index in [0.29, 0.717) is 16.4 Å². The van der Waals surface area contributed by atoms with Crippen molar-refractivity contribution >= 4 is 29.0 Å². The predicted molar refractivity (Wildman–Crippen MR) is 82.5 cm³/mol. The third kappa shape index (κ3) is 3.27. The first kappa shape index (κ1) is 14.3. The first-order valence-electron chi connectivity index (χ1n) is 6.38. The maximum absolute atomic E-state index is 12.2. The highest BCUT2D eigenvalue weighted by Crippen LogP contribution is 2.21. The van der Waals surface area contributed by atoms with Crippen LogP contribution in [0, 0.1) is 6.92 Å². The largest absolute Gasteiger partial charge is 0.369 e. The molecule has 0 saturated heterocycles. The molecule has 1 aromatic heterocycles. The highest BCUT2D eigenvalue weighted by molar-refractivity contribution is 6.33. The zero-order valence-corrected chi connectivity index (χ0v) is 12.2. The Kier molecular flexibility index (Phi) is 4.58. The van der Waals surface area contributed by atoms with Crippen LogP contribution in [0.5, 0.6) is 0 Å². The van der Waals surface area contributed by atoms with Gasteiger partial charge < -0.3 is 10.6 Å². The number of anilines is 2. The van der Waals surface area contributed by atoms with Gasteiger partial charge in [-0.2, -0.15) is 0 Å². The summed E-state index contributed by atoms with van der Waals surface area (Å²) in [4.78, 5) is 16.3. The number of pyridine rings is 1. The second-order valence-corrected chi connectivity index (χ2v) is 4.76. The van der Waals surface area contributed by atoms with Crippen LogP contribution in [0.15, 0.2) is 36.5 Å². The van der Waals surface area contributed by atoms with Crippen molar-refractivity contribution in [2.24, 2.45) is 0 Å². The molecule has 2 N–H and O–H groups in total. The Morgan fingerprint density at radius 3 is 2.75 bits per heavy atom. The van der Waals surface area contributed by atoms with Gasteiger partial charge in [0.05, 0.1) is 10.6 Å². The van der Waals surface area contributed by atoms with Gasteiger partial charge in [0.2, 0.25) is 0 Å². The summed E-state index contributed by atoms with van der Waals surface area (Å²) in [7, 11) is 0. The van der Waals surface area contributed by atoms with Crippen LogP contribution in [-0.4, -0.2) is 17.4 Å².